The Morgan fingerprint density at radius 1 is 1.46 bits per heavy atom. The number of rotatable bonds is 2. The van der Waals surface area contributed by atoms with Crippen molar-refractivity contribution in [2.45, 2.75) is 4.90 Å². The molecular formula is C7H7O5S-. The lowest BCUT2D eigenvalue weighted by Gasteiger charge is -2.08. The van der Waals surface area contributed by atoms with Gasteiger partial charge in [-0.05, 0) is 12.1 Å². The van der Waals surface area contributed by atoms with Gasteiger partial charge in [0.25, 0.3) is 0 Å². The number of aromatic hydroxyl groups is 1. The third-order valence-electron chi connectivity index (χ3n) is 1.44. The Hall–Kier alpha value is -1.27. The SMILES string of the molecule is COc1ccc(S(=O)(=O)[O-])cc1O. The molecule has 0 aliphatic carbocycles. The summed E-state index contributed by atoms with van der Waals surface area (Å²) in [6.45, 7) is 0. The Labute approximate surface area is 75.3 Å². The maximum Gasteiger partial charge on any atom is 0.160 e. The summed E-state index contributed by atoms with van der Waals surface area (Å²) in [6.07, 6.45) is 0. The lowest BCUT2D eigenvalue weighted by Crippen LogP contribution is -1.98. The van der Waals surface area contributed by atoms with Crippen molar-refractivity contribution in [1.82, 2.24) is 0 Å². The number of ether oxygens (including phenoxy) is 1. The minimum atomic E-state index is -4.52. The van der Waals surface area contributed by atoms with Gasteiger partial charge in [0.15, 0.2) is 11.5 Å². The Balaban J connectivity index is 3.26. The fourth-order valence-corrected chi connectivity index (χ4v) is 1.32. The summed E-state index contributed by atoms with van der Waals surface area (Å²) in [5, 5.41) is 9.13. The summed E-state index contributed by atoms with van der Waals surface area (Å²) in [5.41, 5.74) is 0. The lowest BCUT2D eigenvalue weighted by molar-refractivity contribution is 0.372. The quantitative estimate of drug-likeness (QED) is 0.699. The van der Waals surface area contributed by atoms with Gasteiger partial charge in [0.05, 0.1) is 12.0 Å². The molecule has 0 saturated carbocycles. The van der Waals surface area contributed by atoms with Crippen molar-refractivity contribution in [2.75, 3.05) is 7.11 Å². The zero-order valence-corrected chi connectivity index (χ0v) is 7.54. The van der Waals surface area contributed by atoms with Gasteiger partial charge in [-0.25, -0.2) is 8.42 Å². The second kappa shape index (κ2) is 3.23. The minimum Gasteiger partial charge on any atom is -0.744 e. The van der Waals surface area contributed by atoms with Crippen molar-refractivity contribution in [2.24, 2.45) is 0 Å². The maximum absolute atomic E-state index is 10.5. The predicted molar refractivity (Wildman–Crippen MR) is 42.6 cm³/mol. The molecule has 0 bridgehead atoms. The van der Waals surface area contributed by atoms with E-state index in [4.69, 9.17) is 5.11 Å². The van der Waals surface area contributed by atoms with Crippen LogP contribution in [0.5, 0.6) is 11.5 Å². The van der Waals surface area contributed by atoms with Crippen LogP contribution >= 0.6 is 0 Å². The maximum atomic E-state index is 10.5. The summed E-state index contributed by atoms with van der Waals surface area (Å²) in [4.78, 5) is -0.481. The Kier molecular flexibility index (Phi) is 2.44. The molecule has 0 spiro atoms. The Morgan fingerprint density at radius 3 is 2.46 bits per heavy atom. The summed E-state index contributed by atoms with van der Waals surface area (Å²) in [7, 11) is -3.20. The van der Waals surface area contributed by atoms with Crippen LogP contribution in [-0.4, -0.2) is 25.2 Å². The molecule has 1 rings (SSSR count). The summed E-state index contributed by atoms with van der Waals surface area (Å²) in [6, 6.07) is 3.13. The van der Waals surface area contributed by atoms with Gasteiger partial charge in [-0.3, -0.25) is 0 Å². The number of methoxy groups -OCH3 is 1. The minimum absolute atomic E-state index is 0.118. The van der Waals surface area contributed by atoms with Crippen molar-refractivity contribution in [3.8, 4) is 11.5 Å². The molecule has 0 amide bonds. The molecule has 13 heavy (non-hydrogen) atoms. The van der Waals surface area contributed by atoms with Crippen LogP contribution in [0.3, 0.4) is 0 Å². The van der Waals surface area contributed by atoms with Crippen LogP contribution in [0, 0.1) is 0 Å². The normalized spacial score (nSPS) is 11.2. The second-order valence-electron chi connectivity index (χ2n) is 2.29. The monoisotopic (exact) mass is 203 g/mol. The van der Waals surface area contributed by atoms with Gasteiger partial charge in [0.2, 0.25) is 0 Å². The van der Waals surface area contributed by atoms with Crippen molar-refractivity contribution >= 4 is 10.1 Å². The van der Waals surface area contributed by atoms with E-state index in [0.29, 0.717) is 0 Å². The van der Waals surface area contributed by atoms with E-state index in [1.54, 1.807) is 0 Å². The molecule has 0 heterocycles. The van der Waals surface area contributed by atoms with Gasteiger partial charge in [-0.1, -0.05) is 0 Å². The van der Waals surface area contributed by atoms with Crippen LogP contribution in [0.1, 0.15) is 0 Å². The fraction of sp³-hybridized carbons (Fsp3) is 0.143. The molecule has 6 heteroatoms. The molecule has 0 aliphatic heterocycles. The molecule has 1 aromatic carbocycles. The summed E-state index contributed by atoms with van der Waals surface area (Å²) in [5.74, 6) is -0.258. The Morgan fingerprint density at radius 2 is 2.08 bits per heavy atom. The first-order chi connectivity index (χ1) is 5.95. The smallest absolute Gasteiger partial charge is 0.160 e. The second-order valence-corrected chi connectivity index (χ2v) is 3.67. The highest BCUT2D eigenvalue weighted by Crippen LogP contribution is 2.27. The van der Waals surface area contributed by atoms with Crippen molar-refractivity contribution in [3.63, 3.8) is 0 Å². The predicted octanol–water partition coefficient (Wildman–Crippen LogP) is 0.305. The van der Waals surface area contributed by atoms with E-state index in [1.165, 1.54) is 13.2 Å². The number of phenols is 1. The topological polar surface area (TPSA) is 86.7 Å². The fourth-order valence-electron chi connectivity index (χ4n) is 0.825. The largest absolute Gasteiger partial charge is 0.744 e. The van der Waals surface area contributed by atoms with E-state index in [9.17, 15) is 13.0 Å². The molecule has 0 aliphatic rings. The van der Waals surface area contributed by atoms with Gasteiger partial charge in [0, 0.05) is 6.07 Å². The molecule has 0 aromatic heterocycles. The van der Waals surface area contributed by atoms with Crippen LogP contribution in [0.2, 0.25) is 0 Å². The highest BCUT2D eigenvalue weighted by molar-refractivity contribution is 7.85. The third-order valence-corrected chi connectivity index (χ3v) is 2.27. The number of benzene rings is 1. The first-order valence-corrected chi connectivity index (χ1v) is 4.69. The lowest BCUT2D eigenvalue weighted by atomic mass is 10.3. The summed E-state index contributed by atoms with van der Waals surface area (Å²) < 4.78 is 36.1. The molecule has 0 atom stereocenters. The summed E-state index contributed by atoms with van der Waals surface area (Å²) >= 11 is 0. The zero-order chi connectivity index (χ0) is 10.1. The van der Waals surface area contributed by atoms with Gasteiger partial charge >= 0.3 is 0 Å². The number of phenolic OH excluding ortho intramolecular Hbond substituents is 1. The van der Waals surface area contributed by atoms with E-state index in [2.05, 4.69) is 4.74 Å². The highest BCUT2D eigenvalue weighted by Gasteiger charge is 2.06. The van der Waals surface area contributed by atoms with E-state index >= 15 is 0 Å². The zero-order valence-electron chi connectivity index (χ0n) is 6.72. The van der Waals surface area contributed by atoms with E-state index < -0.39 is 15.0 Å². The standard InChI is InChI=1S/C7H8O5S/c1-12-7-3-2-5(4-6(7)8)13(9,10)11/h2-4,8H,1H3,(H,9,10,11)/p-1. The third kappa shape index (κ3) is 2.10. The molecule has 72 valence electrons. The Bertz CT molecular complexity index is 409. The highest BCUT2D eigenvalue weighted by atomic mass is 32.2. The number of hydrogen-bond acceptors (Lipinski definition) is 5. The van der Waals surface area contributed by atoms with Crippen LogP contribution in [0.25, 0.3) is 0 Å². The van der Waals surface area contributed by atoms with Crippen molar-refractivity contribution in [1.29, 1.82) is 0 Å². The average Bonchev–Trinajstić information content (AvgIpc) is 2.02. The van der Waals surface area contributed by atoms with Crippen LogP contribution in [-0.2, 0) is 10.1 Å². The average molecular weight is 203 g/mol. The first-order valence-electron chi connectivity index (χ1n) is 3.28. The van der Waals surface area contributed by atoms with Crippen molar-refractivity contribution < 1.29 is 22.8 Å². The van der Waals surface area contributed by atoms with Crippen LogP contribution in [0.4, 0.5) is 0 Å². The van der Waals surface area contributed by atoms with E-state index in [0.717, 1.165) is 12.1 Å². The molecular weight excluding hydrogens is 196 g/mol. The number of hydrogen-bond donors (Lipinski definition) is 1. The van der Waals surface area contributed by atoms with Gasteiger partial charge in [-0.15, -0.1) is 0 Å². The van der Waals surface area contributed by atoms with E-state index in [1.807, 2.05) is 0 Å². The molecule has 0 radical (unpaired) electrons. The van der Waals surface area contributed by atoms with Gasteiger partial charge in [0.1, 0.15) is 10.1 Å². The molecule has 0 saturated heterocycles. The molecule has 1 N–H and O–H groups in total. The molecule has 1 aromatic rings. The first kappa shape index (κ1) is 9.82. The molecule has 0 unspecified atom stereocenters. The van der Waals surface area contributed by atoms with Gasteiger partial charge < -0.3 is 14.4 Å². The van der Waals surface area contributed by atoms with Crippen molar-refractivity contribution in [3.05, 3.63) is 18.2 Å². The molecule has 0 fully saturated rings. The van der Waals surface area contributed by atoms with Gasteiger partial charge in [-0.2, -0.15) is 0 Å². The molecule has 5 nitrogen and oxygen atoms in total. The van der Waals surface area contributed by atoms with Crippen LogP contribution < -0.4 is 4.74 Å². The van der Waals surface area contributed by atoms with E-state index in [-0.39, 0.29) is 11.5 Å². The van der Waals surface area contributed by atoms with Crippen LogP contribution in [0.15, 0.2) is 23.1 Å².